The maximum Gasteiger partial charge on any atom is 0.253 e. The van der Waals surface area contributed by atoms with Crippen LogP contribution in [0.1, 0.15) is 23.2 Å². The molecule has 30 heavy (non-hydrogen) atoms. The van der Waals surface area contributed by atoms with E-state index in [1.807, 2.05) is 24.3 Å². The van der Waals surface area contributed by atoms with Gasteiger partial charge in [-0.1, -0.05) is 23.7 Å². The number of para-hydroxylation sites is 2. The number of carbonyl (C=O) groups is 2. The smallest absolute Gasteiger partial charge is 0.253 e. The minimum atomic E-state index is -0.229. The molecule has 4 rings (SSSR count). The first-order valence-corrected chi connectivity index (χ1v) is 10.8. The topological polar surface area (TPSA) is 61.9 Å². The third-order valence-electron chi connectivity index (χ3n) is 5.68. The summed E-state index contributed by atoms with van der Waals surface area (Å²) in [6, 6.07) is 14.8. The summed E-state index contributed by atoms with van der Waals surface area (Å²) in [5, 5.41) is 3.71. The van der Waals surface area contributed by atoms with Crippen molar-refractivity contribution in [2.24, 2.45) is 5.92 Å². The van der Waals surface area contributed by atoms with Crippen LogP contribution >= 0.6 is 11.6 Å². The van der Waals surface area contributed by atoms with Crippen LogP contribution in [0, 0.1) is 5.92 Å². The lowest BCUT2D eigenvalue weighted by Gasteiger charge is -2.33. The van der Waals surface area contributed by atoms with Gasteiger partial charge in [0.2, 0.25) is 5.91 Å². The molecule has 2 aromatic rings. The monoisotopic (exact) mass is 427 g/mol. The van der Waals surface area contributed by atoms with E-state index in [2.05, 4.69) is 10.2 Å². The molecule has 1 unspecified atom stereocenters. The van der Waals surface area contributed by atoms with Gasteiger partial charge in [0.25, 0.3) is 5.91 Å². The molecule has 2 aliphatic heterocycles. The number of hydrogen-bond donors (Lipinski definition) is 1. The molecule has 2 fully saturated rings. The van der Waals surface area contributed by atoms with Gasteiger partial charge in [0.05, 0.1) is 30.5 Å². The lowest BCUT2D eigenvalue weighted by atomic mass is 9.96. The molecule has 0 spiro atoms. The molecule has 0 aliphatic carbocycles. The van der Waals surface area contributed by atoms with Crippen molar-refractivity contribution in [1.82, 2.24) is 4.90 Å². The maximum absolute atomic E-state index is 13.0. The normalized spacial score (nSPS) is 19.4. The van der Waals surface area contributed by atoms with Crippen molar-refractivity contribution >= 4 is 34.8 Å². The van der Waals surface area contributed by atoms with Crippen molar-refractivity contribution in [2.45, 2.75) is 12.8 Å². The minimum Gasteiger partial charge on any atom is -0.378 e. The number of amides is 2. The quantitative estimate of drug-likeness (QED) is 0.808. The van der Waals surface area contributed by atoms with Gasteiger partial charge >= 0.3 is 0 Å². The number of hydrogen-bond acceptors (Lipinski definition) is 4. The summed E-state index contributed by atoms with van der Waals surface area (Å²) in [7, 11) is 0. The van der Waals surface area contributed by atoms with Crippen LogP contribution in [0.25, 0.3) is 0 Å². The number of carbonyl (C=O) groups excluding carboxylic acids is 2. The Bertz CT molecular complexity index is 897. The summed E-state index contributed by atoms with van der Waals surface area (Å²) in [6.07, 6.45) is 1.58. The van der Waals surface area contributed by atoms with Crippen molar-refractivity contribution in [2.75, 3.05) is 49.6 Å². The molecule has 7 heteroatoms. The average molecular weight is 428 g/mol. The van der Waals surface area contributed by atoms with Crippen LogP contribution in [-0.2, 0) is 9.53 Å². The molecule has 2 saturated heterocycles. The van der Waals surface area contributed by atoms with Crippen LogP contribution in [0.2, 0.25) is 5.02 Å². The predicted molar refractivity (Wildman–Crippen MR) is 118 cm³/mol. The van der Waals surface area contributed by atoms with Crippen molar-refractivity contribution in [3.05, 3.63) is 59.1 Å². The Morgan fingerprint density at radius 1 is 1.00 bits per heavy atom. The highest BCUT2D eigenvalue weighted by Crippen LogP contribution is 2.28. The van der Waals surface area contributed by atoms with Gasteiger partial charge in [-0.05, 0) is 49.2 Å². The van der Waals surface area contributed by atoms with E-state index in [0.717, 1.165) is 37.3 Å². The van der Waals surface area contributed by atoms with E-state index in [4.69, 9.17) is 16.3 Å². The fourth-order valence-electron chi connectivity index (χ4n) is 4.04. The molecule has 2 aliphatic rings. The predicted octanol–water partition coefficient (Wildman–Crippen LogP) is 3.67. The zero-order valence-corrected chi connectivity index (χ0v) is 17.6. The molecular formula is C23H26ClN3O3. The van der Waals surface area contributed by atoms with Crippen LogP contribution < -0.4 is 10.2 Å². The molecule has 6 nitrogen and oxygen atoms in total. The third kappa shape index (κ3) is 4.77. The van der Waals surface area contributed by atoms with Gasteiger partial charge in [0.1, 0.15) is 0 Å². The highest BCUT2D eigenvalue weighted by atomic mass is 35.5. The van der Waals surface area contributed by atoms with E-state index in [-0.39, 0.29) is 17.7 Å². The Kier molecular flexibility index (Phi) is 6.55. The average Bonchev–Trinajstić information content (AvgIpc) is 2.80. The van der Waals surface area contributed by atoms with Gasteiger partial charge in [-0.25, -0.2) is 0 Å². The first-order valence-electron chi connectivity index (χ1n) is 10.4. The van der Waals surface area contributed by atoms with Crippen LogP contribution in [0.4, 0.5) is 11.4 Å². The molecule has 0 radical (unpaired) electrons. The van der Waals surface area contributed by atoms with Crippen LogP contribution in [0.5, 0.6) is 0 Å². The van der Waals surface area contributed by atoms with Gasteiger partial charge in [0, 0.05) is 36.8 Å². The van der Waals surface area contributed by atoms with E-state index < -0.39 is 0 Å². The first-order chi connectivity index (χ1) is 14.6. The minimum absolute atomic E-state index is 0.0377. The summed E-state index contributed by atoms with van der Waals surface area (Å²) in [4.78, 5) is 29.9. The summed E-state index contributed by atoms with van der Waals surface area (Å²) in [6.45, 7) is 4.07. The molecule has 2 aromatic carbocycles. The van der Waals surface area contributed by atoms with Crippen molar-refractivity contribution in [1.29, 1.82) is 0 Å². The van der Waals surface area contributed by atoms with Crippen molar-refractivity contribution in [3.63, 3.8) is 0 Å². The van der Waals surface area contributed by atoms with Crippen LogP contribution in [-0.4, -0.2) is 56.1 Å². The Balaban J connectivity index is 1.43. The number of nitrogens with zero attached hydrogens (tertiary/aromatic N) is 2. The number of likely N-dealkylation sites (tertiary alicyclic amines) is 1. The number of halogens is 1. The largest absolute Gasteiger partial charge is 0.378 e. The number of rotatable bonds is 4. The fraction of sp³-hybridized carbons (Fsp3) is 0.391. The Labute approximate surface area is 181 Å². The number of morpholine rings is 1. The number of ether oxygens (including phenoxy) is 1. The maximum atomic E-state index is 13.0. The third-order valence-corrected chi connectivity index (χ3v) is 5.94. The zero-order chi connectivity index (χ0) is 20.9. The van der Waals surface area contributed by atoms with E-state index in [9.17, 15) is 9.59 Å². The second kappa shape index (κ2) is 9.49. The zero-order valence-electron chi connectivity index (χ0n) is 16.9. The van der Waals surface area contributed by atoms with Gasteiger partial charge in [-0.15, -0.1) is 0 Å². The van der Waals surface area contributed by atoms with E-state index in [0.29, 0.717) is 36.9 Å². The second-order valence-electron chi connectivity index (χ2n) is 7.70. The molecule has 0 aromatic heterocycles. The number of benzene rings is 2. The molecule has 0 bridgehead atoms. The highest BCUT2D eigenvalue weighted by Gasteiger charge is 2.29. The summed E-state index contributed by atoms with van der Waals surface area (Å²) < 4.78 is 5.44. The fourth-order valence-corrected chi connectivity index (χ4v) is 4.17. The lowest BCUT2D eigenvalue weighted by Crippen LogP contribution is -2.44. The van der Waals surface area contributed by atoms with E-state index >= 15 is 0 Å². The lowest BCUT2D eigenvalue weighted by molar-refractivity contribution is -0.121. The molecule has 1 N–H and O–H groups in total. The van der Waals surface area contributed by atoms with Gasteiger partial charge in [-0.2, -0.15) is 0 Å². The standard InChI is InChI=1S/C23H26ClN3O3/c24-19-9-7-17(8-10-19)23(29)27-11-3-4-18(16-27)22(28)25-20-5-1-2-6-21(20)26-12-14-30-15-13-26/h1-2,5-10,18H,3-4,11-16H2,(H,25,28). The van der Waals surface area contributed by atoms with Gasteiger partial charge in [-0.3, -0.25) is 9.59 Å². The van der Waals surface area contributed by atoms with Crippen LogP contribution in [0.15, 0.2) is 48.5 Å². The van der Waals surface area contributed by atoms with Gasteiger partial charge in [0.15, 0.2) is 0 Å². The highest BCUT2D eigenvalue weighted by molar-refractivity contribution is 6.30. The first kappa shape index (κ1) is 20.7. The molecule has 158 valence electrons. The number of nitrogens with one attached hydrogen (secondary N) is 1. The van der Waals surface area contributed by atoms with Crippen molar-refractivity contribution < 1.29 is 14.3 Å². The van der Waals surface area contributed by atoms with Gasteiger partial charge < -0.3 is 19.9 Å². The molecule has 0 saturated carbocycles. The second-order valence-corrected chi connectivity index (χ2v) is 8.14. The van der Waals surface area contributed by atoms with Crippen molar-refractivity contribution in [3.8, 4) is 0 Å². The summed E-state index contributed by atoms with van der Waals surface area (Å²) >= 11 is 5.92. The SMILES string of the molecule is O=C(Nc1ccccc1N1CCOCC1)C1CCCN(C(=O)c2ccc(Cl)cc2)C1. The number of anilines is 2. The van der Waals surface area contributed by atoms with E-state index in [1.165, 1.54) is 0 Å². The molecule has 2 amide bonds. The number of piperidine rings is 1. The summed E-state index contributed by atoms with van der Waals surface area (Å²) in [5.41, 5.74) is 2.42. The molecule has 2 heterocycles. The molecular weight excluding hydrogens is 402 g/mol. The Morgan fingerprint density at radius 3 is 2.50 bits per heavy atom. The summed E-state index contributed by atoms with van der Waals surface area (Å²) in [5.74, 6) is -0.324. The Morgan fingerprint density at radius 2 is 1.73 bits per heavy atom. The Hall–Kier alpha value is -2.57. The molecule has 1 atom stereocenters. The van der Waals surface area contributed by atoms with E-state index in [1.54, 1.807) is 29.2 Å². The van der Waals surface area contributed by atoms with Crippen LogP contribution in [0.3, 0.4) is 0 Å².